The first-order valence-electron chi connectivity index (χ1n) is 9.80. The van der Waals surface area contributed by atoms with Gasteiger partial charge < -0.3 is 20.4 Å². The SMILES string of the molecule is CCNC(=NCC(=O)N1CCN(c2ccccc2)CC1)NCc1sccc1C. The van der Waals surface area contributed by atoms with E-state index in [1.54, 1.807) is 11.3 Å². The van der Waals surface area contributed by atoms with Crippen molar-refractivity contribution in [3.05, 3.63) is 52.2 Å². The zero-order chi connectivity index (χ0) is 19.8. The molecule has 1 fully saturated rings. The molecule has 0 unspecified atom stereocenters. The summed E-state index contributed by atoms with van der Waals surface area (Å²) in [5.41, 5.74) is 2.50. The van der Waals surface area contributed by atoms with Gasteiger partial charge in [-0.1, -0.05) is 18.2 Å². The number of benzene rings is 1. The summed E-state index contributed by atoms with van der Waals surface area (Å²) in [6.07, 6.45) is 0. The zero-order valence-electron chi connectivity index (χ0n) is 16.6. The van der Waals surface area contributed by atoms with Crippen LogP contribution in [0.25, 0.3) is 0 Å². The third-order valence-corrected chi connectivity index (χ3v) is 5.88. The number of hydrogen-bond acceptors (Lipinski definition) is 4. The fraction of sp³-hybridized carbons (Fsp3) is 0.429. The van der Waals surface area contributed by atoms with Gasteiger partial charge in [-0.05, 0) is 43.0 Å². The molecular weight excluding hydrogens is 370 g/mol. The molecule has 1 saturated heterocycles. The van der Waals surface area contributed by atoms with E-state index < -0.39 is 0 Å². The van der Waals surface area contributed by atoms with E-state index in [0.717, 1.165) is 39.3 Å². The number of carbonyl (C=O) groups excluding carboxylic acids is 1. The molecule has 150 valence electrons. The topological polar surface area (TPSA) is 60.0 Å². The number of aliphatic imine (C=N–C) groups is 1. The molecule has 3 rings (SSSR count). The Hall–Kier alpha value is -2.54. The molecule has 6 nitrogen and oxygen atoms in total. The van der Waals surface area contributed by atoms with Crippen LogP contribution in [-0.4, -0.2) is 56.0 Å². The van der Waals surface area contributed by atoms with Crippen LogP contribution >= 0.6 is 11.3 Å². The smallest absolute Gasteiger partial charge is 0.244 e. The highest BCUT2D eigenvalue weighted by Crippen LogP contribution is 2.16. The van der Waals surface area contributed by atoms with Crippen molar-refractivity contribution in [1.29, 1.82) is 0 Å². The van der Waals surface area contributed by atoms with Gasteiger partial charge in [0.2, 0.25) is 5.91 Å². The van der Waals surface area contributed by atoms with Gasteiger partial charge >= 0.3 is 0 Å². The Bertz CT molecular complexity index is 781. The summed E-state index contributed by atoms with van der Waals surface area (Å²) < 4.78 is 0. The molecule has 2 aromatic rings. The Morgan fingerprint density at radius 3 is 2.50 bits per heavy atom. The molecule has 0 aliphatic carbocycles. The van der Waals surface area contributed by atoms with Crippen LogP contribution in [0.5, 0.6) is 0 Å². The minimum absolute atomic E-state index is 0.0808. The second-order valence-electron chi connectivity index (χ2n) is 6.78. The highest BCUT2D eigenvalue weighted by atomic mass is 32.1. The molecule has 1 aromatic heterocycles. The number of para-hydroxylation sites is 1. The van der Waals surface area contributed by atoms with E-state index in [2.05, 4.69) is 63.2 Å². The van der Waals surface area contributed by atoms with Crippen molar-refractivity contribution in [3.63, 3.8) is 0 Å². The fourth-order valence-electron chi connectivity index (χ4n) is 3.19. The first-order valence-corrected chi connectivity index (χ1v) is 10.7. The summed E-state index contributed by atoms with van der Waals surface area (Å²) >= 11 is 1.73. The molecule has 1 aliphatic rings. The molecule has 1 amide bonds. The molecule has 0 bridgehead atoms. The van der Waals surface area contributed by atoms with Crippen LogP contribution in [0.3, 0.4) is 0 Å². The van der Waals surface area contributed by atoms with E-state index in [-0.39, 0.29) is 12.5 Å². The van der Waals surface area contributed by atoms with Crippen molar-refractivity contribution >= 4 is 28.9 Å². The van der Waals surface area contributed by atoms with E-state index in [0.29, 0.717) is 5.96 Å². The lowest BCUT2D eigenvalue weighted by Crippen LogP contribution is -2.49. The maximum Gasteiger partial charge on any atom is 0.244 e. The lowest BCUT2D eigenvalue weighted by molar-refractivity contribution is -0.129. The number of piperazine rings is 1. The molecule has 28 heavy (non-hydrogen) atoms. The van der Waals surface area contributed by atoms with E-state index in [1.165, 1.54) is 16.1 Å². The minimum Gasteiger partial charge on any atom is -0.368 e. The van der Waals surface area contributed by atoms with Crippen LogP contribution in [-0.2, 0) is 11.3 Å². The van der Waals surface area contributed by atoms with Gasteiger partial charge in [0.1, 0.15) is 6.54 Å². The lowest BCUT2D eigenvalue weighted by atomic mass is 10.2. The van der Waals surface area contributed by atoms with Gasteiger partial charge in [0.15, 0.2) is 5.96 Å². The van der Waals surface area contributed by atoms with Crippen molar-refractivity contribution < 1.29 is 4.79 Å². The third-order valence-electron chi connectivity index (χ3n) is 4.85. The number of nitrogens with zero attached hydrogens (tertiary/aromatic N) is 3. The number of aryl methyl sites for hydroxylation is 1. The highest BCUT2D eigenvalue weighted by Gasteiger charge is 2.21. The van der Waals surface area contributed by atoms with Gasteiger partial charge in [-0.15, -0.1) is 11.3 Å². The van der Waals surface area contributed by atoms with Crippen LogP contribution < -0.4 is 15.5 Å². The second-order valence-corrected chi connectivity index (χ2v) is 7.78. The predicted molar refractivity (Wildman–Crippen MR) is 117 cm³/mol. The lowest BCUT2D eigenvalue weighted by Gasteiger charge is -2.36. The molecule has 0 saturated carbocycles. The van der Waals surface area contributed by atoms with Gasteiger partial charge in [0.25, 0.3) is 0 Å². The standard InChI is InChI=1S/C21H29N5OS/c1-3-22-21(23-15-19-17(2)9-14-28-19)24-16-20(27)26-12-10-25(11-13-26)18-7-5-4-6-8-18/h4-9,14H,3,10-13,15-16H2,1-2H3,(H2,22,23,24). The quantitative estimate of drug-likeness (QED) is 0.579. The molecule has 1 aliphatic heterocycles. The molecule has 2 heterocycles. The molecule has 7 heteroatoms. The Labute approximate surface area is 171 Å². The number of carbonyl (C=O) groups is 1. The number of thiophene rings is 1. The van der Waals surface area contributed by atoms with Crippen molar-refractivity contribution in [2.45, 2.75) is 20.4 Å². The summed E-state index contributed by atoms with van der Waals surface area (Å²) in [6.45, 7) is 8.98. The molecule has 0 atom stereocenters. The fourth-order valence-corrected chi connectivity index (χ4v) is 4.04. The number of rotatable bonds is 6. The number of amides is 1. The maximum atomic E-state index is 12.6. The van der Waals surface area contributed by atoms with Gasteiger partial charge in [0.05, 0.1) is 6.54 Å². The van der Waals surface area contributed by atoms with Crippen molar-refractivity contribution in [3.8, 4) is 0 Å². The van der Waals surface area contributed by atoms with Crippen molar-refractivity contribution in [2.75, 3.05) is 44.2 Å². The Morgan fingerprint density at radius 2 is 1.86 bits per heavy atom. The first-order chi connectivity index (χ1) is 13.7. The maximum absolute atomic E-state index is 12.6. The largest absolute Gasteiger partial charge is 0.368 e. The first kappa shape index (κ1) is 20.2. The van der Waals surface area contributed by atoms with E-state index in [1.807, 2.05) is 17.9 Å². The summed E-state index contributed by atoms with van der Waals surface area (Å²) in [7, 11) is 0. The molecule has 2 N–H and O–H groups in total. The normalized spacial score (nSPS) is 14.9. The van der Waals surface area contributed by atoms with Crippen LogP contribution in [0.1, 0.15) is 17.4 Å². The van der Waals surface area contributed by atoms with Gasteiger partial charge in [-0.3, -0.25) is 4.79 Å². The van der Waals surface area contributed by atoms with Crippen LogP contribution in [0.4, 0.5) is 5.69 Å². The van der Waals surface area contributed by atoms with Crippen molar-refractivity contribution in [1.82, 2.24) is 15.5 Å². The Balaban J connectivity index is 1.49. The van der Waals surface area contributed by atoms with Crippen molar-refractivity contribution in [2.24, 2.45) is 4.99 Å². The van der Waals surface area contributed by atoms with Gasteiger partial charge in [-0.2, -0.15) is 0 Å². The summed E-state index contributed by atoms with van der Waals surface area (Å²) in [5, 5.41) is 8.63. The van der Waals surface area contributed by atoms with Crippen LogP contribution in [0.2, 0.25) is 0 Å². The monoisotopic (exact) mass is 399 g/mol. The highest BCUT2D eigenvalue weighted by molar-refractivity contribution is 7.10. The second kappa shape index (κ2) is 10.1. The van der Waals surface area contributed by atoms with Gasteiger partial charge in [-0.25, -0.2) is 4.99 Å². The Morgan fingerprint density at radius 1 is 1.11 bits per heavy atom. The van der Waals surface area contributed by atoms with Crippen LogP contribution in [0.15, 0.2) is 46.8 Å². The Kier molecular flexibility index (Phi) is 7.31. The average Bonchev–Trinajstić information content (AvgIpc) is 3.15. The molecule has 0 spiro atoms. The number of nitrogens with one attached hydrogen (secondary N) is 2. The summed E-state index contributed by atoms with van der Waals surface area (Å²) in [5.74, 6) is 0.767. The number of guanidine groups is 1. The molecule has 1 aromatic carbocycles. The van der Waals surface area contributed by atoms with Gasteiger partial charge in [0, 0.05) is 43.3 Å². The van der Waals surface area contributed by atoms with Crippen LogP contribution in [0, 0.1) is 6.92 Å². The number of hydrogen-bond donors (Lipinski definition) is 2. The van der Waals surface area contributed by atoms with E-state index in [4.69, 9.17) is 0 Å². The van der Waals surface area contributed by atoms with E-state index in [9.17, 15) is 4.79 Å². The number of anilines is 1. The zero-order valence-corrected chi connectivity index (χ0v) is 17.5. The van der Waals surface area contributed by atoms with E-state index >= 15 is 0 Å². The third kappa shape index (κ3) is 5.48. The minimum atomic E-state index is 0.0808. The molecule has 0 radical (unpaired) electrons. The summed E-state index contributed by atoms with van der Waals surface area (Å²) in [6, 6.07) is 12.5. The summed E-state index contributed by atoms with van der Waals surface area (Å²) in [4.78, 5) is 22.6. The predicted octanol–water partition coefficient (Wildman–Crippen LogP) is 2.46. The average molecular weight is 400 g/mol. The molecular formula is C21H29N5OS.